The van der Waals surface area contributed by atoms with Crippen LogP contribution in [0.3, 0.4) is 0 Å². The molecule has 0 aliphatic heterocycles. The van der Waals surface area contributed by atoms with E-state index >= 15 is 0 Å². The van der Waals surface area contributed by atoms with Crippen molar-refractivity contribution >= 4 is 28.5 Å². The number of carbonyl (C=O) groups excluding carboxylic acids is 1. The summed E-state index contributed by atoms with van der Waals surface area (Å²) >= 11 is 0. The molecule has 2 aromatic rings. The lowest BCUT2D eigenvalue weighted by atomic mass is 10.1. The van der Waals surface area contributed by atoms with Gasteiger partial charge in [0.05, 0.1) is 29.9 Å². The number of fused-ring (bicyclic) bond motifs is 1. The lowest BCUT2D eigenvalue weighted by Crippen LogP contribution is -2.44. The monoisotopic (exact) mass is 289 g/mol. The van der Waals surface area contributed by atoms with Gasteiger partial charge in [0.2, 0.25) is 5.91 Å². The van der Waals surface area contributed by atoms with Crippen LogP contribution in [0.15, 0.2) is 30.3 Å². The maximum absolute atomic E-state index is 11.8. The van der Waals surface area contributed by atoms with E-state index in [4.69, 9.17) is 15.9 Å². The molecule has 0 radical (unpaired) electrons. The van der Waals surface area contributed by atoms with Crippen LogP contribution in [-0.2, 0) is 16.0 Å². The zero-order valence-electron chi connectivity index (χ0n) is 11.1. The van der Waals surface area contributed by atoms with Crippen molar-refractivity contribution in [2.75, 3.05) is 12.3 Å². The summed E-state index contributed by atoms with van der Waals surface area (Å²) in [6, 6.07) is 7.53. The number of hydrogen-bond acceptors (Lipinski definition) is 5. The molecule has 7 nitrogen and oxygen atoms in total. The molecule has 0 bridgehead atoms. The first-order valence-electron chi connectivity index (χ1n) is 6.28. The molecule has 0 aliphatic carbocycles. The number of carboxylic acids is 1. The normalized spacial score (nSPS) is 12.0. The average Bonchev–Trinajstić information content (AvgIpc) is 2.45. The van der Waals surface area contributed by atoms with Gasteiger partial charge in [-0.1, -0.05) is 18.2 Å². The van der Waals surface area contributed by atoms with Crippen molar-refractivity contribution in [2.24, 2.45) is 0 Å². The largest absolute Gasteiger partial charge is 0.480 e. The summed E-state index contributed by atoms with van der Waals surface area (Å²) < 4.78 is 0. The topological polar surface area (TPSA) is 126 Å². The zero-order chi connectivity index (χ0) is 15.4. The van der Waals surface area contributed by atoms with Crippen molar-refractivity contribution in [1.29, 1.82) is 0 Å². The van der Waals surface area contributed by atoms with Gasteiger partial charge in [0, 0.05) is 5.39 Å². The van der Waals surface area contributed by atoms with E-state index in [-0.39, 0.29) is 6.42 Å². The summed E-state index contributed by atoms with van der Waals surface area (Å²) in [6.45, 7) is -0.667. The van der Waals surface area contributed by atoms with Gasteiger partial charge in [0.1, 0.15) is 6.04 Å². The van der Waals surface area contributed by atoms with Crippen molar-refractivity contribution in [3.05, 3.63) is 36.0 Å². The molecule has 1 amide bonds. The van der Waals surface area contributed by atoms with Crippen LogP contribution in [0.4, 0.5) is 5.69 Å². The van der Waals surface area contributed by atoms with Crippen LogP contribution in [0.1, 0.15) is 5.69 Å². The van der Waals surface area contributed by atoms with Crippen LogP contribution in [0, 0.1) is 0 Å². The molecule has 0 aliphatic rings. The minimum absolute atomic E-state index is 0.0892. The van der Waals surface area contributed by atoms with Crippen LogP contribution in [0.25, 0.3) is 10.9 Å². The molecule has 0 spiro atoms. The second kappa shape index (κ2) is 6.19. The first-order valence-corrected chi connectivity index (χ1v) is 6.28. The van der Waals surface area contributed by atoms with Gasteiger partial charge in [0.15, 0.2) is 0 Å². The van der Waals surface area contributed by atoms with E-state index in [1.807, 2.05) is 12.1 Å². The van der Waals surface area contributed by atoms with Gasteiger partial charge in [-0.25, -0.2) is 4.79 Å². The molecule has 1 atom stereocenters. The highest BCUT2D eigenvalue weighted by atomic mass is 16.4. The molecular formula is C14H15N3O4. The quantitative estimate of drug-likeness (QED) is 0.570. The Morgan fingerprint density at radius 2 is 2.05 bits per heavy atom. The Morgan fingerprint density at radius 3 is 2.71 bits per heavy atom. The number of nitrogens with zero attached hydrogens (tertiary/aromatic N) is 1. The fraction of sp³-hybridized carbons (Fsp3) is 0.214. The molecule has 110 valence electrons. The lowest BCUT2D eigenvalue weighted by Gasteiger charge is -2.11. The van der Waals surface area contributed by atoms with E-state index in [2.05, 4.69) is 10.3 Å². The van der Waals surface area contributed by atoms with Gasteiger partial charge in [-0.3, -0.25) is 9.78 Å². The van der Waals surface area contributed by atoms with Crippen molar-refractivity contribution in [2.45, 2.75) is 12.5 Å². The predicted molar refractivity (Wildman–Crippen MR) is 76.5 cm³/mol. The number of rotatable bonds is 5. The Morgan fingerprint density at radius 1 is 1.29 bits per heavy atom. The van der Waals surface area contributed by atoms with Crippen LogP contribution >= 0.6 is 0 Å². The number of aliphatic carboxylic acids is 1. The van der Waals surface area contributed by atoms with Crippen LogP contribution in [-0.4, -0.2) is 39.7 Å². The van der Waals surface area contributed by atoms with Crippen LogP contribution in [0.2, 0.25) is 0 Å². The number of nitrogen functional groups attached to an aromatic ring is 1. The number of amides is 1. The van der Waals surface area contributed by atoms with Crippen molar-refractivity contribution in [3.63, 3.8) is 0 Å². The minimum atomic E-state index is -1.32. The van der Waals surface area contributed by atoms with E-state index < -0.39 is 24.5 Å². The highest BCUT2D eigenvalue weighted by Gasteiger charge is 2.19. The van der Waals surface area contributed by atoms with Gasteiger partial charge < -0.3 is 21.3 Å². The number of nitrogens with two attached hydrogens (primary N) is 1. The number of carbonyl (C=O) groups is 2. The number of pyridine rings is 1. The molecule has 5 N–H and O–H groups in total. The number of aromatic nitrogens is 1. The smallest absolute Gasteiger partial charge is 0.328 e. The Labute approximate surface area is 120 Å². The second-order valence-electron chi connectivity index (χ2n) is 4.54. The third kappa shape index (κ3) is 3.46. The highest BCUT2D eigenvalue weighted by Crippen LogP contribution is 2.18. The number of nitrogens with one attached hydrogen (secondary N) is 1. The first kappa shape index (κ1) is 14.7. The van der Waals surface area contributed by atoms with Gasteiger partial charge >= 0.3 is 5.97 Å². The summed E-state index contributed by atoms with van der Waals surface area (Å²) in [5.74, 6) is -1.82. The third-order valence-electron chi connectivity index (χ3n) is 2.97. The minimum Gasteiger partial charge on any atom is -0.480 e. The van der Waals surface area contributed by atoms with E-state index in [0.29, 0.717) is 16.9 Å². The lowest BCUT2D eigenvalue weighted by molar-refractivity contribution is -0.142. The fourth-order valence-corrected chi connectivity index (χ4v) is 1.90. The van der Waals surface area contributed by atoms with Crippen LogP contribution in [0.5, 0.6) is 0 Å². The molecule has 0 fully saturated rings. The molecule has 1 unspecified atom stereocenters. The Balaban J connectivity index is 2.14. The first-order chi connectivity index (χ1) is 10.0. The summed E-state index contributed by atoms with van der Waals surface area (Å²) in [7, 11) is 0. The number of hydrogen-bond donors (Lipinski definition) is 4. The third-order valence-corrected chi connectivity index (χ3v) is 2.97. The molecule has 1 heterocycles. The summed E-state index contributed by atoms with van der Waals surface area (Å²) in [6.07, 6.45) is -0.0892. The zero-order valence-corrected chi connectivity index (χ0v) is 11.1. The number of aliphatic hydroxyl groups excluding tert-OH is 1. The van der Waals surface area contributed by atoms with Gasteiger partial charge in [-0.2, -0.15) is 0 Å². The number of para-hydroxylation sites is 1. The maximum Gasteiger partial charge on any atom is 0.328 e. The molecule has 1 aromatic carbocycles. The van der Waals surface area contributed by atoms with Crippen molar-refractivity contribution < 1.29 is 19.8 Å². The SMILES string of the molecule is Nc1cccc2ccc(CC(=O)NC(CO)C(=O)O)nc12. The average molecular weight is 289 g/mol. The molecule has 21 heavy (non-hydrogen) atoms. The Hall–Kier alpha value is -2.67. The van der Waals surface area contributed by atoms with Gasteiger partial charge in [-0.15, -0.1) is 0 Å². The van der Waals surface area contributed by atoms with Gasteiger partial charge in [-0.05, 0) is 12.1 Å². The summed E-state index contributed by atoms with van der Waals surface area (Å²) in [5, 5.41) is 20.7. The molecule has 0 saturated carbocycles. The van der Waals surface area contributed by atoms with E-state index in [9.17, 15) is 9.59 Å². The molecular weight excluding hydrogens is 274 g/mol. The van der Waals surface area contributed by atoms with Gasteiger partial charge in [0.25, 0.3) is 0 Å². The number of carboxylic acid groups (broad SMARTS) is 1. The fourth-order valence-electron chi connectivity index (χ4n) is 1.90. The van der Waals surface area contributed by atoms with Crippen molar-refractivity contribution in [3.8, 4) is 0 Å². The Bertz CT molecular complexity index is 687. The molecule has 0 saturated heterocycles. The number of benzene rings is 1. The molecule has 2 rings (SSSR count). The van der Waals surface area contributed by atoms with E-state index in [1.165, 1.54) is 0 Å². The predicted octanol–water partition coefficient (Wildman–Crippen LogP) is -0.0788. The van der Waals surface area contributed by atoms with Crippen molar-refractivity contribution in [1.82, 2.24) is 10.3 Å². The number of anilines is 1. The molecule has 7 heteroatoms. The second-order valence-corrected chi connectivity index (χ2v) is 4.54. The number of aliphatic hydroxyl groups is 1. The van der Waals surface area contributed by atoms with Crippen LogP contribution < -0.4 is 11.1 Å². The van der Waals surface area contributed by atoms with E-state index in [0.717, 1.165) is 5.39 Å². The summed E-state index contributed by atoms with van der Waals surface area (Å²) in [4.78, 5) is 26.8. The summed E-state index contributed by atoms with van der Waals surface area (Å²) in [5.41, 5.74) is 7.40. The highest BCUT2D eigenvalue weighted by molar-refractivity contribution is 5.90. The molecule has 1 aromatic heterocycles. The Kier molecular flexibility index (Phi) is 4.34. The standard InChI is InChI=1S/C14H15N3O4/c15-10-3-1-2-8-4-5-9(16-13(8)10)6-12(19)17-11(7-18)14(20)21/h1-5,11,18H,6-7,15H2,(H,17,19)(H,20,21). The van der Waals surface area contributed by atoms with E-state index in [1.54, 1.807) is 18.2 Å². The maximum atomic E-state index is 11.8.